The fourth-order valence-corrected chi connectivity index (χ4v) is 1.45. The molecule has 0 saturated carbocycles. The van der Waals surface area contributed by atoms with Gasteiger partial charge in [-0.1, -0.05) is 30.3 Å². The number of aromatic amines is 2. The lowest BCUT2D eigenvalue weighted by atomic mass is 10.0. The molecule has 2 rings (SSSR count). The number of ketones is 1. The number of aromatic nitrogens is 2. The zero-order chi connectivity index (χ0) is 10.8. The molecule has 0 aliphatic carbocycles. The molecule has 0 fully saturated rings. The van der Waals surface area contributed by atoms with Crippen molar-refractivity contribution in [2.75, 3.05) is 0 Å². The molecule has 2 aromatic rings. The van der Waals surface area contributed by atoms with Gasteiger partial charge in [0.1, 0.15) is 5.56 Å². The summed E-state index contributed by atoms with van der Waals surface area (Å²) in [6, 6.07) is 8.74. The molecule has 1 aromatic carbocycles. The molecule has 15 heavy (non-hydrogen) atoms. The summed E-state index contributed by atoms with van der Waals surface area (Å²) in [4.78, 5) is 23.3. The summed E-state index contributed by atoms with van der Waals surface area (Å²) in [5.41, 5.74) is 0.891. The molecular weight excluding hydrogens is 192 g/mol. The minimum absolute atomic E-state index is 0.182. The molecular formula is C11H10N2O2. The molecule has 0 amide bonds. The number of carbonyl (C=O) groups excluding carboxylic acids is 1. The third-order valence-electron chi connectivity index (χ3n) is 2.23. The molecule has 4 nitrogen and oxygen atoms in total. The lowest BCUT2D eigenvalue weighted by Crippen LogP contribution is -2.14. The second kappa shape index (κ2) is 3.57. The number of nitrogens with one attached hydrogen (secondary N) is 2. The molecule has 0 aliphatic heterocycles. The van der Waals surface area contributed by atoms with Gasteiger partial charge in [0.2, 0.25) is 0 Å². The highest BCUT2D eigenvalue weighted by Gasteiger charge is 2.16. The fourth-order valence-electron chi connectivity index (χ4n) is 1.45. The Labute approximate surface area is 85.9 Å². The van der Waals surface area contributed by atoms with E-state index in [0.29, 0.717) is 11.3 Å². The largest absolute Gasteiger partial charge is 0.302 e. The highest BCUT2D eigenvalue weighted by atomic mass is 16.1. The van der Waals surface area contributed by atoms with E-state index in [2.05, 4.69) is 10.2 Å². The van der Waals surface area contributed by atoms with Gasteiger partial charge in [-0.15, -0.1) is 0 Å². The summed E-state index contributed by atoms with van der Waals surface area (Å²) in [7, 11) is 0. The predicted octanol–water partition coefficient (Wildman–Crippen LogP) is 1.24. The standard InChI is InChI=1S/C11H10N2O2/c1-7-9(11(15)13-12-7)10(14)8-5-3-2-4-6-8/h2-6H,1H3,(H2,12,13,15). The molecule has 76 valence electrons. The van der Waals surface area contributed by atoms with Crippen LogP contribution >= 0.6 is 0 Å². The van der Waals surface area contributed by atoms with Crippen LogP contribution in [0, 0.1) is 6.92 Å². The zero-order valence-corrected chi connectivity index (χ0v) is 8.20. The van der Waals surface area contributed by atoms with E-state index < -0.39 is 0 Å². The highest BCUT2D eigenvalue weighted by molar-refractivity contribution is 6.09. The van der Waals surface area contributed by atoms with Crippen LogP contribution in [0.5, 0.6) is 0 Å². The van der Waals surface area contributed by atoms with E-state index in [4.69, 9.17) is 0 Å². The van der Waals surface area contributed by atoms with E-state index in [1.54, 1.807) is 31.2 Å². The molecule has 1 heterocycles. The van der Waals surface area contributed by atoms with Crippen molar-refractivity contribution in [2.45, 2.75) is 6.92 Å². The van der Waals surface area contributed by atoms with Crippen molar-refractivity contribution in [1.82, 2.24) is 10.2 Å². The lowest BCUT2D eigenvalue weighted by Gasteiger charge is -1.97. The Morgan fingerprint density at radius 1 is 1.13 bits per heavy atom. The summed E-state index contributed by atoms with van der Waals surface area (Å²) in [5.74, 6) is -0.254. The van der Waals surface area contributed by atoms with Crippen LogP contribution in [0.15, 0.2) is 35.1 Å². The average molecular weight is 202 g/mol. The van der Waals surface area contributed by atoms with E-state index in [1.807, 2.05) is 6.07 Å². The molecule has 0 spiro atoms. The normalized spacial score (nSPS) is 10.2. The van der Waals surface area contributed by atoms with Gasteiger partial charge >= 0.3 is 0 Å². The van der Waals surface area contributed by atoms with Gasteiger partial charge in [-0.25, -0.2) is 0 Å². The average Bonchev–Trinajstić information content (AvgIpc) is 2.59. The predicted molar refractivity (Wildman–Crippen MR) is 56.0 cm³/mol. The maximum absolute atomic E-state index is 11.9. The Bertz CT molecular complexity index is 537. The second-order valence-corrected chi connectivity index (χ2v) is 3.27. The summed E-state index contributed by atoms with van der Waals surface area (Å²) in [6.07, 6.45) is 0. The Hall–Kier alpha value is -2.10. The van der Waals surface area contributed by atoms with E-state index in [9.17, 15) is 9.59 Å². The highest BCUT2D eigenvalue weighted by Crippen LogP contribution is 2.07. The van der Waals surface area contributed by atoms with Crippen molar-refractivity contribution in [3.05, 3.63) is 57.5 Å². The molecule has 0 unspecified atom stereocenters. The van der Waals surface area contributed by atoms with Crippen LogP contribution in [-0.2, 0) is 0 Å². The summed E-state index contributed by atoms with van der Waals surface area (Å²) >= 11 is 0. The smallest absolute Gasteiger partial charge is 0.275 e. The Morgan fingerprint density at radius 3 is 2.33 bits per heavy atom. The van der Waals surface area contributed by atoms with E-state index in [0.717, 1.165) is 0 Å². The van der Waals surface area contributed by atoms with Gasteiger partial charge in [-0.3, -0.25) is 14.7 Å². The maximum Gasteiger partial charge on any atom is 0.275 e. The van der Waals surface area contributed by atoms with Crippen LogP contribution < -0.4 is 5.56 Å². The van der Waals surface area contributed by atoms with Crippen LogP contribution in [0.2, 0.25) is 0 Å². The van der Waals surface area contributed by atoms with Crippen LogP contribution in [-0.4, -0.2) is 16.0 Å². The molecule has 0 aliphatic rings. The zero-order valence-electron chi connectivity index (χ0n) is 8.20. The van der Waals surface area contributed by atoms with Gasteiger partial charge < -0.3 is 5.10 Å². The number of benzene rings is 1. The minimum atomic E-state index is -0.374. The summed E-state index contributed by atoms with van der Waals surface area (Å²) < 4.78 is 0. The molecule has 0 bridgehead atoms. The number of hydrogen-bond acceptors (Lipinski definition) is 2. The number of H-pyrrole nitrogens is 2. The monoisotopic (exact) mass is 202 g/mol. The first-order valence-electron chi connectivity index (χ1n) is 4.57. The van der Waals surface area contributed by atoms with Gasteiger partial charge in [-0.2, -0.15) is 0 Å². The van der Waals surface area contributed by atoms with Crippen molar-refractivity contribution in [2.24, 2.45) is 0 Å². The van der Waals surface area contributed by atoms with Crippen LogP contribution in [0.3, 0.4) is 0 Å². The Morgan fingerprint density at radius 2 is 1.80 bits per heavy atom. The molecule has 0 saturated heterocycles. The number of aryl methyl sites for hydroxylation is 1. The number of carbonyl (C=O) groups is 1. The van der Waals surface area contributed by atoms with Gasteiger partial charge in [0, 0.05) is 11.3 Å². The van der Waals surface area contributed by atoms with Crippen molar-refractivity contribution >= 4 is 5.78 Å². The van der Waals surface area contributed by atoms with Crippen molar-refractivity contribution < 1.29 is 4.79 Å². The van der Waals surface area contributed by atoms with Crippen LogP contribution in [0.25, 0.3) is 0 Å². The Kier molecular flexibility index (Phi) is 2.25. The molecule has 0 radical (unpaired) electrons. The summed E-state index contributed by atoms with van der Waals surface area (Å²) in [5, 5.41) is 5.02. The minimum Gasteiger partial charge on any atom is -0.302 e. The molecule has 1 aromatic heterocycles. The van der Waals surface area contributed by atoms with Gasteiger partial charge in [0.25, 0.3) is 5.56 Å². The second-order valence-electron chi connectivity index (χ2n) is 3.27. The van der Waals surface area contributed by atoms with Crippen LogP contribution in [0.4, 0.5) is 0 Å². The SMILES string of the molecule is Cc1[nH][nH]c(=O)c1C(=O)c1ccccc1. The van der Waals surface area contributed by atoms with E-state index in [-0.39, 0.29) is 16.9 Å². The van der Waals surface area contributed by atoms with Gasteiger partial charge in [-0.05, 0) is 6.92 Å². The van der Waals surface area contributed by atoms with Crippen molar-refractivity contribution in [1.29, 1.82) is 0 Å². The lowest BCUT2D eigenvalue weighted by molar-refractivity contribution is 0.103. The van der Waals surface area contributed by atoms with E-state index in [1.165, 1.54) is 0 Å². The van der Waals surface area contributed by atoms with Crippen molar-refractivity contribution in [3.63, 3.8) is 0 Å². The van der Waals surface area contributed by atoms with Gasteiger partial charge in [0.05, 0.1) is 0 Å². The molecule has 2 N–H and O–H groups in total. The number of rotatable bonds is 2. The third-order valence-corrected chi connectivity index (χ3v) is 2.23. The first kappa shape index (κ1) is 9.45. The molecule has 4 heteroatoms. The summed E-state index contributed by atoms with van der Waals surface area (Å²) in [6.45, 7) is 1.69. The number of hydrogen-bond donors (Lipinski definition) is 2. The third kappa shape index (κ3) is 1.61. The van der Waals surface area contributed by atoms with Gasteiger partial charge in [0.15, 0.2) is 5.78 Å². The van der Waals surface area contributed by atoms with Crippen molar-refractivity contribution in [3.8, 4) is 0 Å². The maximum atomic E-state index is 11.9. The molecule has 0 atom stereocenters. The topological polar surface area (TPSA) is 65.7 Å². The first-order valence-corrected chi connectivity index (χ1v) is 4.57. The fraction of sp³-hybridized carbons (Fsp3) is 0.0909. The van der Waals surface area contributed by atoms with Crippen LogP contribution in [0.1, 0.15) is 21.6 Å². The first-order chi connectivity index (χ1) is 7.20. The Balaban J connectivity index is 2.51. The van der Waals surface area contributed by atoms with E-state index >= 15 is 0 Å². The quantitative estimate of drug-likeness (QED) is 0.719.